The van der Waals surface area contributed by atoms with Crippen molar-refractivity contribution in [1.29, 1.82) is 0 Å². The van der Waals surface area contributed by atoms with Gasteiger partial charge in [-0.05, 0) is 44.0 Å². The van der Waals surface area contributed by atoms with E-state index < -0.39 is 0 Å². The molecule has 1 aromatic heterocycles. The number of carbonyl (C=O) groups is 1. The van der Waals surface area contributed by atoms with Gasteiger partial charge in [0.2, 0.25) is 0 Å². The van der Waals surface area contributed by atoms with Crippen LogP contribution in [-0.2, 0) is 0 Å². The number of aromatic nitrogens is 1. The van der Waals surface area contributed by atoms with E-state index >= 15 is 0 Å². The van der Waals surface area contributed by atoms with Crippen molar-refractivity contribution in [2.45, 2.75) is 0 Å². The lowest BCUT2D eigenvalue weighted by Gasteiger charge is -2.27. The molecule has 0 unspecified atom stereocenters. The highest BCUT2D eigenvalue weighted by Gasteiger charge is 2.27. The first-order chi connectivity index (χ1) is 10.1. The molecule has 0 fully saturated rings. The molecule has 1 amide bonds. The third-order valence-electron chi connectivity index (χ3n) is 3.18. The fraction of sp³-hybridized carbons (Fsp3) is 0.143. The van der Waals surface area contributed by atoms with Gasteiger partial charge in [0.15, 0.2) is 23.8 Å². The first kappa shape index (κ1) is 14.3. The van der Waals surface area contributed by atoms with Crippen molar-refractivity contribution in [2.75, 3.05) is 18.1 Å². The predicted octanol–water partition coefficient (Wildman–Crippen LogP) is 2.77. The minimum atomic E-state index is -0.152. The van der Waals surface area contributed by atoms with Gasteiger partial charge in [0.25, 0.3) is 5.91 Å². The summed E-state index contributed by atoms with van der Waals surface area (Å²) in [5.74, 6) is 0.591. The molecule has 0 saturated heterocycles. The second-order valence-electron chi connectivity index (χ2n) is 4.49. The zero-order valence-corrected chi connectivity index (χ0v) is 13.9. The van der Waals surface area contributed by atoms with Crippen LogP contribution >= 0.6 is 31.9 Å². The van der Waals surface area contributed by atoms with Crippen molar-refractivity contribution >= 4 is 43.5 Å². The first-order valence-corrected chi connectivity index (χ1v) is 7.79. The molecule has 0 atom stereocenters. The van der Waals surface area contributed by atoms with Crippen LogP contribution < -0.4 is 14.6 Å². The Morgan fingerprint density at radius 1 is 1.33 bits per heavy atom. The lowest BCUT2D eigenvalue weighted by molar-refractivity contribution is -0.377. The summed E-state index contributed by atoms with van der Waals surface area (Å²) in [4.78, 5) is 17.3. The highest BCUT2D eigenvalue weighted by atomic mass is 79.9. The zero-order valence-electron chi connectivity index (χ0n) is 10.8. The number of phenols is 1. The largest absolute Gasteiger partial charge is 0.506 e. The van der Waals surface area contributed by atoms with Gasteiger partial charge in [-0.25, -0.2) is 4.98 Å². The third kappa shape index (κ3) is 2.63. The number of carbonyl (C=O) groups excluding carboxylic acids is 1. The van der Waals surface area contributed by atoms with Gasteiger partial charge in [-0.3, -0.25) is 9.69 Å². The van der Waals surface area contributed by atoms with Crippen molar-refractivity contribution in [3.63, 3.8) is 0 Å². The van der Waals surface area contributed by atoms with Crippen LogP contribution in [0, 0.1) is 0 Å². The first-order valence-electron chi connectivity index (χ1n) is 6.20. The molecular formula is C14H11Br2N2O3+. The van der Waals surface area contributed by atoms with Gasteiger partial charge in [-0.15, -0.1) is 0 Å². The van der Waals surface area contributed by atoms with Crippen molar-refractivity contribution in [3.8, 4) is 11.5 Å². The molecule has 0 radical (unpaired) electrons. The molecule has 2 heterocycles. The summed E-state index contributed by atoms with van der Waals surface area (Å²) in [6.45, 7) is 0.920. The quantitative estimate of drug-likeness (QED) is 0.780. The Labute approximate surface area is 137 Å². The van der Waals surface area contributed by atoms with Crippen molar-refractivity contribution in [2.24, 2.45) is 0 Å². The van der Waals surface area contributed by atoms with Crippen LogP contribution in [0.2, 0.25) is 0 Å². The van der Waals surface area contributed by atoms with Crippen molar-refractivity contribution in [3.05, 3.63) is 45.1 Å². The number of aromatic hydroxyl groups is 1. The number of fused-ring (bicyclic) bond motifs is 1. The molecule has 0 saturated carbocycles. The number of anilines is 1. The van der Waals surface area contributed by atoms with Gasteiger partial charge < -0.3 is 9.84 Å². The minimum Gasteiger partial charge on any atom is -0.506 e. The normalized spacial score (nSPS) is 13.5. The number of amides is 1. The Morgan fingerprint density at radius 3 is 2.76 bits per heavy atom. The Morgan fingerprint density at radius 2 is 2.05 bits per heavy atom. The summed E-state index contributed by atoms with van der Waals surface area (Å²) >= 11 is 6.48. The molecule has 1 aromatic carbocycles. The van der Waals surface area contributed by atoms with Gasteiger partial charge in [-0.2, -0.15) is 0 Å². The summed E-state index contributed by atoms with van der Waals surface area (Å²) in [5, 5.41) is 9.74. The number of phenolic OH excluding ortho intramolecular Hbond substituents is 1. The maximum atomic E-state index is 12.7. The summed E-state index contributed by atoms with van der Waals surface area (Å²) < 4.78 is 6.47. The average molecular weight is 415 g/mol. The highest BCUT2D eigenvalue weighted by Crippen LogP contribution is 2.35. The van der Waals surface area contributed by atoms with Gasteiger partial charge in [0, 0.05) is 11.6 Å². The Balaban J connectivity index is 2.00. The van der Waals surface area contributed by atoms with E-state index in [0.29, 0.717) is 39.1 Å². The van der Waals surface area contributed by atoms with E-state index in [1.54, 1.807) is 35.5 Å². The van der Waals surface area contributed by atoms with Crippen LogP contribution in [0.15, 0.2) is 39.5 Å². The summed E-state index contributed by atoms with van der Waals surface area (Å²) in [7, 11) is 0. The summed E-state index contributed by atoms with van der Waals surface area (Å²) in [6, 6.07) is 4.99. The van der Waals surface area contributed by atoms with Crippen LogP contribution in [-0.4, -0.2) is 24.2 Å². The van der Waals surface area contributed by atoms with E-state index in [4.69, 9.17) is 4.74 Å². The lowest BCUT2D eigenvalue weighted by Crippen LogP contribution is -2.38. The van der Waals surface area contributed by atoms with E-state index in [-0.39, 0.29) is 11.7 Å². The fourth-order valence-corrected chi connectivity index (χ4v) is 3.35. The number of ether oxygens (including phenoxy) is 1. The third-order valence-corrected chi connectivity index (χ3v) is 4.38. The monoisotopic (exact) mass is 413 g/mol. The maximum absolute atomic E-state index is 12.7. The number of hydrogen-bond donors (Lipinski definition) is 1. The fourth-order valence-electron chi connectivity index (χ4n) is 2.16. The molecular weight excluding hydrogens is 404 g/mol. The van der Waals surface area contributed by atoms with Gasteiger partial charge in [0.1, 0.15) is 12.4 Å². The smallest absolute Gasteiger partial charge is 0.258 e. The zero-order chi connectivity index (χ0) is 15.0. The van der Waals surface area contributed by atoms with Crippen LogP contribution in [0.4, 0.5) is 5.69 Å². The summed E-state index contributed by atoms with van der Waals surface area (Å²) in [6.07, 6.45) is 3.48. The molecule has 7 heteroatoms. The number of hydrogen-bond acceptors (Lipinski definition) is 3. The minimum absolute atomic E-state index is 0.0715. The Kier molecular flexibility index (Phi) is 3.86. The molecule has 5 nitrogen and oxygen atoms in total. The molecule has 1 aliphatic rings. The molecule has 0 spiro atoms. The SMILES string of the molecule is O=C(c1cc(Br)c(O)c(Br)c1)N1CCOc2cc[nH+]cc21. The second kappa shape index (κ2) is 5.65. The Hall–Kier alpha value is -1.60. The van der Waals surface area contributed by atoms with E-state index in [0.717, 1.165) is 0 Å². The van der Waals surface area contributed by atoms with Gasteiger partial charge >= 0.3 is 0 Å². The predicted molar refractivity (Wildman–Crippen MR) is 83.7 cm³/mol. The lowest BCUT2D eigenvalue weighted by atomic mass is 10.1. The van der Waals surface area contributed by atoms with Gasteiger partial charge in [0.05, 0.1) is 15.5 Å². The second-order valence-corrected chi connectivity index (χ2v) is 6.20. The average Bonchev–Trinajstić information content (AvgIpc) is 2.51. The number of nitrogens with zero attached hydrogens (tertiary/aromatic N) is 1. The molecule has 2 aromatic rings. The number of pyridine rings is 1. The molecule has 1 aliphatic heterocycles. The van der Waals surface area contributed by atoms with E-state index in [9.17, 15) is 9.90 Å². The Bertz CT molecular complexity index is 698. The van der Waals surface area contributed by atoms with E-state index in [1.807, 2.05) is 0 Å². The maximum Gasteiger partial charge on any atom is 0.258 e. The van der Waals surface area contributed by atoms with Crippen LogP contribution in [0.5, 0.6) is 11.5 Å². The topological polar surface area (TPSA) is 63.9 Å². The van der Waals surface area contributed by atoms with Gasteiger partial charge in [-0.1, -0.05) is 0 Å². The van der Waals surface area contributed by atoms with E-state index in [1.165, 1.54) is 0 Å². The number of nitrogens with one attached hydrogen (secondary N) is 1. The van der Waals surface area contributed by atoms with Crippen molar-refractivity contribution in [1.82, 2.24) is 0 Å². The number of H-pyrrole nitrogens is 1. The standard InChI is InChI=1S/C14H10Br2N2O3/c15-9-5-8(6-10(16)13(9)19)14(20)18-3-4-21-12-1-2-17-7-11(12)18/h1-2,5-7,19H,3-4H2/p+1. The van der Waals surface area contributed by atoms with Crippen LogP contribution in [0.3, 0.4) is 0 Å². The summed E-state index contributed by atoms with van der Waals surface area (Å²) in [5.41, 5.74) is 1.18. The molecule has 2 N–H and O–H groups in total. The molecule has 108 valence electrons. The number of aromatic amines is 1. The van der Waals surface area contributed by atoms with Crippen LogP contribution in [0.25, 0.3) is 0 Å². The van der Waals surface area contributed by atoms with Crippen LogP contribution in [0.1, 0.15) is 10.4 Å². The van der Waals surface area contributed by atoms with Crippen molar-refractivity contribution < 1.29 is 19.6 Å². The number of rotatable bonds is 1. The number of benzene rings is 1. The molecule has 3 rings (SSSR count). The molecule has 0 bridgehead atoms. The number of halogens is 2. The molecule has 0 aliphatic carbocycles. The highest BCUT2D eigenvalue weighted by molar-refractivity contribution is 9.11. The molecule has 21 heavy (non-hydrogen) atoms. The van der Waals surface area contributed by atoms with E-state index in [2.05, 4.69) is 36.8 Å².